The number of hydrogen-bond acceptors (Lipinski definition) is 3. The second-order valence-electron chi connectivity index (χ2n) is 6.55. The van der Waals surface area contributed by atoms with E-state index in [1.165, 1.54) is 32.1 Å². The van der Waals surface area contributed by atoms with E-state index < -0.39 is 10.0 Å². The molecule has 2 fully saturated rings. The third kappa shape index (κ3) is 3.36. The summed E-state index contributed by atoms with van der Waals surface area (Å²) in [4.78, 5) is 2.93. The van der Waals surface area contributed by atoms with Crippen molar-refractivity contribution in [1.29, 1.82) is 0 Å². The first kappa shape index (κ1) is 16.0. The Bertz CT molecular complexity index is 601. The SMILES string of the molecule is Cc1cccc(S(=O)(=O)N2CCN(C3CCCCC3)CC2)c1. The molecule has 22 heavy (non-hydrogen) atoms. The van der Waals surface area contributed by atoms with Gasteiger partial charge in [-0.3, -0.25) is 4.90 Å². The summed E-state index contributed by atoms with van der Waals surface area (Å²) in [6, 6.07) is 7.90. The van der Waals surface area contributed by atoms with E-state index in [1.807, 2.05) is 19.1 Å². The van der Waals surface area contributed by atoms with Gasteiger partial charge >= 0.3 is 0 Å². The molecule has 0 spiro atoms. The van der Waals surface area contributed by atoms with Gasteiger partial charge in [0.2, 0.25) is 10.0 Å². The third-order valence-electron chi connectivity index (χ3n) is 4.99. The zero-order valence-corrected chi connectivity index (χ0v) is 14.2. The maximum Gasteiger partial charge on any atom is 0.243 e. The van der Waals surface area contributed by atoms with Crippen LogP contribution < -0.4 is 0 Å². The van der Waals surface area contributed by atoms with Gasteiger partial charge in [0.25, 0.3) is 0 Å². The van der Waals surface area contributed by atoms with Gasteiger partial charge in [0.1, 0.15) is 0 Å². The van der Waals surface area contributed by atoms with Crippen LogP contribution in [0.15, 0.2) is 29.2 Å². The van der Waals surface area contributed by atoms with Gasteiger partial charge in [-0.1, -0.05) is 31.4 Å². The lowest BCUT2D eigenvalue weighted by Gasteiger charge is -2.40. The van der Waals surface area contributed by atoms with E-state index in [1.54, 1.807) is 16.4 Å². The van der Waals surface area contributed by atoms with Crippen LogP contribution in [0.5, 0.6) is 0 Å². The summed E-state index contributed by atoms with van der Waals surface area (Å²) >= 11 is 0. The molecule has 2 aliphatic rings. The largest absolute Gasteiger partial charge is 0.298 e. The van der Waals surface area contributed by atoms with E-state index in [2.05, 4.69) is 4.90 Å². The van der Waals surface area contributed by atoms with Gasteiger partial charge in [0.05, 0.1) is 4.90 Å². The van der Waals surface area contributed by atoms with Crippen LogP contribution in [0.1, 0.15) is 37.7 Å². The first-order chi connectivity index (χ1) is 10.6. The Morgan fingerprint density at radius 1 is 1.00 bits per heavy atom. The number of aryl methyl sites for hydroxylation is 1. The van der Waals surface area contributed by atoms with Gasteiger partial charge in [-0.25, -0.2) is 8.42 Å². The summed E-state index contributed by atoms with van der Waals surface area (Å²) in [5, 5.41) is 0. The van der Waals surface area contributed by atoms with Crippen LogP contribution in [-0.2, 0) is 10.0 Å². The Morgan fingerprint density at radius 3 is 2.32 bits per heavy atom. The van der Waals surface area contributed by atoms with E-state index in [-0.39, 0.29) is 0 Å². The van der Waals surface area contributed by atoms with Crippen molar-refractivity contribution in [3.05, 3.63) is 29.8 Å². The molecule has 0 radical (unpaired) electrons. The fraction of sp³-hybridized carbons (Fsp3) is 0.647. The minimum absolute atomic E-state index is 0.429. The summed E-state index contributed by atoms with van der Waals surface area (Å²) in [5.41, 5.74) is 0.988. The van der Waals surface area contributed by atoms with Gasteiger partial charge in [-0.2, -0.15) is 4.31 Å². The maximum atomic E-state index is 12.7. The first-order valence-electron chi connectivity index (χ1n) is 8.38. The lowest BCUT2D eigenvalue weighted by atomic mass is 9.94. The molecule has 0 N–H and O–H groups in total. The van der Waals surface area contributed by atoms with Crippen molar-refractivity contribution >= 4 is 10.0 Å². The molecule has 0 bridgehead atoms. The molecule has 0 atom stereocenters. The molecule has 0 unspecified atom stereocenters. The summed E-state index contributed by atoms with van der Waals surface area (Å²) in [6.45, 7) is 4.91. The Hall–Kier alpha value is -0.910. The minimum atomic E-state index is -3.33. The van der Waals surface area contributed by atoms with Crippen molar-refractivity contribution in [2.24, 2.45) is 0 Å². The average molecular weight is 322 g/mol. The summed E-state index contributed by atoms with van der Waals surface area (Å²) < 4.78 is 27.1. The molecule has 1 saturated heterocycles. The monoisotopic (exact) mass is 322 g/mol. The molecule has 1 saturated carbocycles. The molecule has 5 heteroatoms. The number of hydrogen-bond donors (Lipinski definition) is 0. The fourth-order valence-electron chi connectivity index (χ4n) is 3.68. The van der Waals surface area contributed by atoms with Crippen LogP contribution in [0.2, 0.25) is 0 Å². The second kappa shape index (κ2) is 6.69. The van der Waals surface area contributed by atoms with Crippen molar-refractivity contribution in [3.63, 3.8) is 0 Å². The molecule has 0 aromatic heterocycles. The third-order valence-corrected chi connectivity index (χ3v) is 6.89. The maximum absolute atomic E-state index is 12.7. The first-order valence-corrected chi connectivity index (χ1v) is 9.82. The molecule has 1 aromatic rings. The normalized spacial score (nSPS) is 22.8. The number of nitrogens with zero attached hydrogens (tertiary/aromatic N) is 2. The topological polar surface area (TPSA) is 40.6 Å². The van der Waals surface area contributed by atoms with E-state index in [4.69, 9.17) is 0 Å². The van der Waals surface area contributed by atoms with Crippen LogP contribution in [0.3, 0.4) is 0 Å². The molecule has 1 heterocycles. The standard InChI is InChI=1S/C17H26N2O2S/c1-15-6-5-9-17(14-15)22(20,21)19-12-10-18(11-13-19)16-7-3-2-4-8-16/h5-6,9,14,16H,2-4,7-8,10-13H2,1H3. The zero-order chi connectivity index (χ0) is 15.6. The Labute approximate surface area is 134 Å². The molecule has 0 amide bonds. The lowest BCUT2D eigenvalue weighted by Crippen LogP contribution is -2.52. The lowest BCUT2D eigenvalue weighted by molar-refractivity contribution is 0.111. The van der Waals surface area contributed by atoms with Crippen LogP contribution >= 0.6 is 0 Å². The Kier molecular flexibility index (Phi) is 4.85. The van der Waals surface area contributed by atoms with Gasteiger partial charge in [0.15, 0.2) is 0 Å². The highest BCUT2D eigenvalue weighted by atomic mass is 32.2. The second-order valence-corrected chi connectivity index (χ2v) is 8.49. The molecule has 4 nitrogen and oxygen atoms in total. The summed E-state index contributed by atoms with van der Waals surface area (Å²) in [7, 11) is -3.33. The molecule has 1 aliphatic carbocycles. The minimum Gasteiger partial charge on any atom is -0.298 e. The fourth-order valence-corrected chi connectivity index (χ4v) is 5.21. The van der Waals surface area contributed by atoms with Crippen molar-refractivity contribution in [2.45, 2.75) is 50.0 Å². The van der Waals surface area contributed by atoms with Gasteiger partial charge in [-0.05, 0) is 37.5 Å². The van der Waals surface area contributed by atoms with E-state index >= 15 is 0 Å². The number of sulfonamides is 1. The predicted molar refractivity (Wildman–Crippen MR) is 88.4 cm³/mol. The quantitative estimate of drug-likeness (QED) is 0.859. The molecule has 1 aliphatic heterocycles. The highest BCUT2D eigenvalue weighted by molar-refractivity contribution is 7.89. The molecular weight excluding hydrogens is 296 g/mol. The van der Waals surface area contributed by atoms with Gasteiger partial charge in [-0.15, -0.1) is 0 Å². The highest BCUT2D eigenvalue weighted by Gasteiger charge is 2.31. The molecule has 122 valence electrons. The molecular formula is C17H26N2O2S. The number of benzene rings is 1. The Balaban J connectivity index is 1.65. The van der Waals surface area contributed by atoms with Crippen LogP contribution in [0.4, 0.5) is 0 Å². The molecule has 3 rings (SSSR count). The summed E-state index contributed by atoms with van der Waals surface area (Å²) in [6.07, 6.45) is 6.58. The van der Waals surface area contributed by atoms with Crippen molar-refractivity contribution in [1.82, 2.24) is 9.21 Å². The van der Waals surface area contributed by atoms with Crippen LogP contribution in [0.25, 0.3) is 0 Å². The van der Waals surface area contributed by atoms with E-state index in [0.29, 0.717) is 24.0 Å². The smallest absolute Gasteiger partial charge is 0.243 e. The van der Waals surface area contributed by atoms with Crippen molar-refractivity contribution < 1.29 is 8.42 Å². The zero-order valence-electron chi connectivity index (χ0n) is 13.4. The molecule has 1 aromatic carbocycles. The van der Waals surface area contributed by atoms with Crippen LogP contribution in [-0.4, -0.2) is 49.8 Å². The highest BCUT2D eigenvalue weighted by Crippen LogP contribution is 2.25. The van der Waals surface area contributed by atoms with E-state index in [9.17, 15) is 8.42 Å². The number of rotatable bonds is 3. The summed E-state index contributed by atoms with van der Waals surface area (Å²) in [5.74, 6) is 0. The van der Waals surface area contributed by atoms with Crippen LogP contribution in [0, 0.1) is 6.92 Å². The van der Waals surface area contributed by atoms with Gasteiger partial charge < -0.3 is 0 Å². The Morgan fingerprint density at radius 2 is 1.68 bits per heavy atom. The van der Waals surface area contributed by atoms with Gasteiger partial charge in [0, 0.05) is 32.2 Å². The van der Waals surface area contributed by atoms with Crippen molar-refractivity contribution in [3.8, 4) is 0 Å². The van der Waals surface area contributed by atoms with E-state index in [0.717, 1.165) is 18.7 Å². The predicted octanol–water partition coefficient (Wildman–Crippen LogP) is 2.63. The van der Waals surface area contributed by atoms with Crippen molar-refractivity contribution in [2.75, 3.05) is 26.2 Å². The number of piperazine rings is 1. The average Bonchev–Trinajstić information content (AvgIpc) is 2.56.